The molecule has 1 amide bonds. The van der Waals surface area contributed by atoms with Crippen LogP contribution in [0.25, 0.3) is 22.6 Å². The van der Waals surface area contributed by atoms with E-state index in [-0.39, 0.29) is 18.6 Å². The second kappa shape index (κ2) is 8.79. The Morgan fingerprint density at radius 3 is 2.80 bits per heavy atom. The number of carbonyl (C=O) groups is 2. The lowest BCUT2D eigenvalue weighted by Gasteiger charge is -2.22. The number of aromatic nitrogens is 1. The summed E-state index contributed by atoms with van der Waals surface area (Å²) in [5, 5.41) is 5.56. The van der Waals surface area contributed by atoms with Gasteiger partial charge in [0.2, 0.25) is 0 Å². The highest BCUT2D eigenvalue weighted by atomic mass is 32.1. The van der Waals surface area contributed by atoms with Gasteiger partial charge in [-0.1, -0.05) is 24.3 Å². The normalized spacial score (nSPS) is 14.7. The molecule has 1 aliphatic carbocycles. The van der Waals surface area contributed by atoms with Gasteiger partial charge in [-0.25, -0.2) is 9.78 Å². The van der Waals surface area contributed by atoms with Crippen molar-refractivity contribution in [1.82, 2.24) is 10.3 Å². The van der Waals surface area contributed by atoms with Crippen molar-refractivity contribution >= 4 is 45.8 Å². The highest BCUT2D eigenvalue weighted by molar-refractivity contribution is 7.10. The van der Waals surface area contributed by atoms with Crippen molar-refractivity contribution < 1.29 is 14.3 Å². The Morgan fingerprint density at radius 2 is 2.03 bits per heavy atom. The number of benzene rings is 1. The van der Waals surface area contributed by atoms with E-state index in [1.807, 2.05) is 44.2 Å². The molecule has 0 bridgehead atoms. The molecule has 0 spiro atoms. The average molecular weight is 421 g/mol. The smallest absolute Gasteiger partial charge is 0.339 e. The van der Waals surface area contributed by atoms with Gasteiger partial charge in [0.15, 0.2) is 6.61 Å². The number of carbonyl (C=O) groups excluding carboxylic acids is 2. The fraction of sp³-hybridized carbons (Fsp3) is 0.292. The van der Waals surface area contributed by atoms with E-state index in [1.54, 1.807) is 11.3 Å². The number of esters is 1. The molecule has 0 saturated heterocycles. The van der Waals surface area contributed by atoms with Crippen LogP contribution in [0.15, 0.2) is 41.8 Å². The molecule has 5 nitrogen and oxygen atoms in total. The first kappa shape index (κ1) is 20.3. The van der Waals surface area contributed by atoms with Crippen molar-refractivity contribution in [3.8, 4) is 0 Å². The Morgan fingerprint density at radius 1 is 1.20 bits per heavy atom. The predicted molar refractivity (Wildman–Crippen MR) is 120 cm³/mol. The maximum absolute atomic E-state index is 13.1. The molecule has 0 saturated carbocycles. The Balaban J connectivity index is 1.75. The Bertz CT molecular complexity index is 1120. The van der Waals surface area contributed by atoms with Crippen molar-refractivity contribution in [3.05, 3.63) is 63.5 Å². The number of pyridine rings is 1. The molecule has 2 aromatic heterocycles. The van der Waals surface area contributed by atoms with E-state index >= 15 is 0 Å². The lowest BCUT2D eigenvalue weighted by molar-refractivity contribution is -0.124. The molecule has 0 fully saturated rings. The third-order valence-corrected chi connectivity index (χ3v) is 5.84. The first-order valence-corrected chi connectivity index (χ1v) is 11.0. The van der Waals surface area contributed by atoms with Gasteiger partial charge in [0.05, 0.1) is 16.8 Å². The summed E-state index contributed by atoms with van der Waals surface area (Å²) in [4.78, 5) is 31.1. The summed E-state index contributed by atoms with van der Waals surface area (Å²) in [5.74, 6) is -0.773. The number of nitrogens with zero attached hydrogens (tertiary/aromatic N) is 1. The molecule has 4 rings (SSSR count). The van der Waals surface area contributed by atoms with Gasteiger partial charge in [0.1, 0.15) is 0 Å². The van der Waals surface area contributed by atoms with E-state index in [0.29, 0.717) is 5.56 Å². The minimum atomic E-state index is -0.471. The molecule has 154 valence electrons. The first-order valence-electron chi connectivity index (χ1n) is 10.2. The molecule has 0 unspecified atom stereocenters. The third kappa shape index (κ3) is 4.28. The van der Waals surface area contributed by atoms with Crippen molar-refractivity contribution in [3.63, 3.8) is 0 Å². The van der Waals surface area contributed by atoms with Gasteiger partial charge < -0.3 is 10.1 Å². The Kier molecular flexibility index (Phi) is 5.95. The van der Waals surface area contributed by atoms with Crippen molar-refractivity contribution in [2.75, 3.05) is 6.61 Å². The summed E-state index contributed by atoms with van der Waals surface area (Å²) in [6, 6.07) is 11.7. The number of hydrogen-bond acceptors (Lipinski definition) is 5. The van der Waals surface area contributed by atoms with E-state index < -0.39 is 5.97 Å². The predicted octanol–water partition coefficient (Wildman–Crippen LogP) is 4.85. The van der Waals surface area contributed by atoms with Crippen molar-refractivity contribution in [2.45, 2.75) is 39.2 Å². The van der Waals surface area contributed by atoms with Crippen molar-refractivity contribution in [2.24, 2.45) is 0 Å². The zero-order chi connectivity index (χ0) is 21.1. The van der Waals surface area contributed by atoms with Gasteiger partial charge >= 0.3 is 5.97 Å². The Hall–Kier alpha value is -2.99. The second-order valence-electron chi connectivity index (χ2n) is 7.67. The fourth-order valence-electron chi connectivity index (χ4n) is 3.82. The molecule has 3 aromatic rings. The molecule has 1 N–H and O–H groups in total. The van der Waals surface area contributed by atoms with E-state index in [1.165, 1.54) is 4.88 Å². The maximum Gasteiger partial charge on any atom is 0.339 e. The van der Waals surface area contributed by atoms with Crippen LogP contribution in [0.4, 0.5) is 0 Å². The van der Waals surface area contributed by atoms with Crippen LogP contribution in [-0.4, -0.2) is 29.5 Å². The number of thiophene rings is 1. The second-order valence-corrected chi connectivity index (χ2v) is 8.65. The van der Waals surface area contributed by atoms with Crippen LogP contribution in [0.3, 0.4) is 0 Å². The monoisotopic (exact) mass is 420 g/mol. The summed E-state index contributed by atoms with van der Waals surface area (Å²) in [6.45, 7) is 3.45. The molecule has 0 radical (unpaired) electrons. The molecule has 0 atom stereocenters. The molecular formula is C24H24N2O3S. The van der Waals surface area contributed by atoms with Crippen LogP contribution in [0.1, 0.15) is 53.2 Å². The zero-order valence-electron chi connectivity index (χ0n) is 17.1. The molecule has 1 aromatic carbocycles. The van der Waals surface area contributed by atoms with Crippen LogP contribution in [0.2, 0.25) is 0 Å². The summed E-state index contributed by atoms with van der Waals surface area (Å²) < 4.78 is 5.41. The maximum atomic E-state index is 13.1. The molecule has 2 heterocycles. The molecule has 30 heavy (non-hydrogen) atoms. The van der Waals surface area contributed by atoms with E-state index in [9.17, 15) is 9.59 Å². The van der Waals surface area contributed by atoms with Gasteiger partial charge in [-0.15, -0.1) is 11.3 Å². The topological polar surface area (TPSA) is 68.3 Å². The first-order chi connectivity index (χ1) is 14.5. The highest BCUT2D eigenvalue weighted by Gasteiger charge is 2.26. The zero-order valence-corrected chi connectivity index (χ0v) is 17.9. The number of para-hydroxylation sites is 1. The number of rotatable bonds is 5. The molecule has 1 aliphatic rings. The minimum Gasteiger partial charge on any atom is -0.452 e. The third-order valence-electron chi connectivity index (χ3n) is 5.02. The lowest BCUT2D eigenvalue weighted by Crippen LogP contribution is -2.34. The van der Waals surface area contributed by atoms with Gasteiger partial charge in [-0.2, -0.15) is 0 Å². The molecular weight excluding hydrogens is 396 g/mol. The minimum absolute atomic E-state index is 0.00401. The number of nitrogens with one attached hydrogen (secondary N) is 1. The van der Waals surface area contributed by atoms with Gasteiger partial charge in [0, 0.05) is 16.3 Å². The van der Waals surface area contributed by atoms with E-state index in [0.717, 1.165) is 47.0 Å². The molecule has 6 heteroatoms. The van der Waals surface area contributed by atoms with Crippen LogP contribution >= 0.6 is 11.3 Å². The van der Waals surface area contributed by atoms with Crippen molar-refractivity contribution in [1.29, 1.82) is 0 Å². The quantitative estimate of drug-likeness (QED) is 0.599. The number of ether oxygens (including phenoxy) is 1. The summed E-state index contributed by atoms with van der Waals surface area (Å²) >= 11 is 1.68. The number of hydrogen-bond donors (Lipinski definition) is 1. The summed E-state index contributed by atoms with van der Waals surface area (Å²) in [6.07, 6.45) is 4.78. The average Bonchev–Trinajstić information content (AvgIpc) is 3.23. The standard InChI is InChI=1S/C24H24N2O3S/c1-15(2)25-21(27)14-29-24(28)22-18-9-3-4-11-20(18)26-23-16(7-5-10-19(22)23)13-17-8-6-12-30-17/h3-4,6,8-9,11-13,15H,5,7,10,14H2,1-2H3,(H,25,27)/b16-13-. The fourth-order valence-corrected chi connectivity index (χ4v) is 4.50. The van der Waals surface area contributed by atoms with Gasteiger partial charge in [-0.05, 0) is 67.8 Å². The summed E-state index contributed by atoms with van der Waals surface area (Å²) in [7, 11) is 0. The largest absolute Gasteiger partial charge is 0.452 e. The SMILES string of the molecule is CC(C)NC(=O)COC(=O)c1c2c(nc3ccccc13)/C(=C\c1cccs1)CCC2. The van der Waals surface area contributed by atoms with Crippen LogP contribution in [-0.2, 0) is 16.0 Å². The lowest BCUT2D eigenvalue weighted by atomic mass is 9.86. The summed E-state index contributed by atoms with van der Waals surface area (Å²) in [5.41, 5.74) is 4.21. The Labute approximate surface area is 179 Å². The van der Waals surface area contributed by atoms with Crippen LogP contribution < -0.4 is 5.32 Å². The number of allylic oxidation sites excluding steroid dienone is 1. The number of amides is 1. The molecule has 0 aliphatic heterocycles. The van der Waals surface area contributed by atoms with Crippen LogP contribution in [0.5, 0.6) is 0 Å². The van der Waals surface area contributed by atoms with Gasteiger partial charge in [-0.3, -0.25) is 4.79 Å². The van der Waals surface area contributed by atoms with Crippen LogP contribution in [0, 0.1) is 0 Å². The van der Waals surface area contributed by atoms with E-state index in [4.69, 9.17) is 9.72 Å². The number of fused-ring (bicyclic) bond motifs is 2. The highest BCUT2D eigenvalue weighted by Crippen LogP contribution is 2.36. The van der Waals surface area contributed by atoms with Gasteiger partial charge in [0.25, 0.3) is 5.91 Å². The van der Waals surface area contributed by atoms with E-state index in [2.05, 4.69) is 22.8 Å².